The van der Waals surface area contributed by atoms with Gasteiger partial charge in [0, 0.05) is 11.1 Å². The zero-order valence-corrected chi connectivity index (χ0v) is 12.1. The van der Waals surface area contributed by atoms with Gasteiger partial charge in [-0.3, -0.25) is 0 Å². The third-order valence-electron chi connectivity index (χ3n) is 3.47. The highest BCUT2D eigenvalue weighted by molar-refractivity contribution is 5.67. The van der Waals surface area contributed by atoms with Crippen molar-refractivity contribution in [3.8, 4) is 5.75 Å². The molecule has 124 valence electrons. The number of para-hydroxylation sites is 1. The lowest BCUT2D eigenvalue weighted by molar-refractivity contribution is -0.137. The molecule has 1 unspecified atom stereocenters. The van der Waals surface area contributed by atoms with Crippen LogP contribution in [0.25, 0.3) is 6.08 Å². The van der Waals surface area contributed by atoms with Crippen LogP contribution >= 0.6 is 0 Å². The average Bonchev–Trinajstić information content (AvgIpc) is 2.53. The van der Waals surface area contributed by atoms with Crippen LogP contribution in [0.5, 0.6) is 5.75 Å². The molecule has 1 aliphatic rings. The molecular formula is C17H11F3O4. The predicted octanol–water partition coefficient (Wildman–Crippen LogP) is 4.87. The Morgan fingerprint density at radius 2 is 1.75 bits per heavy atom. The van der Waals surface area contributed by atoms with Gasteiger partial charge in [0.05, 0.1) is 5.56 Å². The molecule has 2 aromatic carbocycles. The van der Waals surface area contributed by atoms with Crippen molar-refractivity contribution in [2.24, 2.45) is 0 Å². The lowest BCUT2D eigenvalue weighted by Crippen LogP contribution is -2.18. The minimum absolute atomic E-state index is 0.0130. The molecule has 3 rings (SSSR count). The Morgan fingerprint density at radius 1 is 1.08 bits per heavy atom. The molecule has 0 saturated carbocycles. The van der Waals surface area contributed by atoms with Crippen LogP contribution in [0.2, 0.25) is 0 Å². The van der Waals surface area contributed by atoms with E-state index in [0.29, 0.717) is 16.9 Å². The van der Waals surface area contributed by atoms with Gasteiger partial charge >= 0.3 is 12.3 Å². The fraction of sp³-hybridized carbons (Fsp3) is 0.118. The second-order valence-electron chi connectivity index (χ2n) is 5.07. The second-order valence-corrected chi connectivity index (χ2v) is 5.07. The SMILES string of the molecule is O=C(O)OC1=Cc2ccccc2OC1c1ccc(C(F)(F)F)cc1. The van der Waals surface area contributed by atoms with Crippen LogP contribution in [-0.4, -0.2) is 11.3 Å². The fourth-order valence-electron chi connectivity index (χ4n) is 2.38. The summed E-state index contributed by atoms with van der Waals surface area (Å²) >= 11 is 0. The zero-order valence-electron chi connectivity index (χ0n) is 12.1. The van der Waals surface area contributed by atoms with Gasteiger partial charge < -0.3 is 14.6 Å². The number of benzene rings is 2. The number of ether oxygens (including phenoxy) is 2. The fourth-order valence-corrected chi connectivity index (χ4v) is 2.38. The highest BCUT2D eigenvalue weighted by Gasteiger charge is 2.32. The Morgan fingerprint density at radius 3 is 2.38 bits per heavy atom. The molecule has 0 bridgehead atoms. The van der Waals surface area contributed by atoms with E-state index >= 15 is 0 Å². The molecule has 7 heteroatoms. The zero-order chi connectivity index (χ0) is 17.3. The van der Waals surface area contributed by atoms with Crippen LogP contribution in [0.15, 0.2) is 54.3 Å². The topological polar surface area (TPSA) is 55.8 Å². The van der Waals surface area contributed by atoms with Gasteiger partial charge in [0.1, 0.15) is 5.75 Å². The van der Waals surface area contributed by atoms with E-state index in [9.17, 15) is 18.0 Å². The van der Waals surface area contributed by atoms with E-state index in [1.807, 2.05) is 0 Å². The monoisotopic (exact) mass is 336 g/mol. The first-order valence-corrected chi connectivity index (χ1v) is 6.90. The van der Waals surface area contributed by atoms with Gasteiger partial charge in [0.2, 0.25) is 0 Å². The van der Waals surface area contributed by atoms with Gasteiger partial charge in [-0.05, 0) is 24.3 Å². The molecule has 2 aromatic rings. The number of carbonyl (C=O) groups is 1. The van der Waals surface area contributed by atoms with Gasteiger partial charge in [0.15, 0.2) is 11.9 Å². The first-order valence-electron chi connectivity index (χ1n) is 6.90. The third-order valence-corrected chi connectivity index (χ3v) is 3.47. The Kier molecular flexibility index (Phi) is 3.92. The number of hydrogen-bond acceptors (Lipinski definition) is 3. The van der Waals surface area contributed by atoms with Crippen molar-refractivity contribution in [1.82, 2.24) is 0 Å². The van der Waals surface area contributed by atoms with Gasteiger partial charge in [-0.15, -0.1) is 0 Å². The largest absolute Gasteiger partial charge is 0.511 e. The highest BCUT2D eigenvalue weighted by atomic mass is 19.4. The molecule has 24 heavy (non-hydrogen) atoms. The number of alkyl halides is 3. The summed E-state index contributed by atoms with van der Waals surface area (Å²) in [6.07, 6.45) is -5.43. The molecule has 0 saturated heterocycles. The Labute approximate surface area is 134 Å². The quantitative estimate of drug-likeness (QED) is 0.795. The van der Waals surface area contributed by atoms with Crippen LogP contribution < -0.4 is 4.74 Å². The minimum Gasteiger partial charge on any atom is -0.477 e. The summed E-state index contributed by atoms with van der Waals surface area (Å²) in [5, 5.41) is 8.86. The lowest BCUT2D eigenvalue weighted by atomic mass is 10.0. The van der Waals surface area contributed by atoms with Gasteiger partial charge in [-0.1, -0.05) is 30.3 Å². The molecule has 1 N–H and O–H groups in total. The number of rotatable bonds is 2. The van der Waals surface area contributed by atoms with Crippen LogP contribution in [0.1, 0.15) is 22.8 Å². The van der Waals surface area contributed by atoms with E-state index in [4.69, 9.17) is 14.6 Å². The first-order chi connectivity index (χ1) is 11.3. The summed E-state index contributed by atoms with van der Waals surface area (Å²) in [4.78, 5) is 10.9. The lowest BCUT2D eigenvalue weighted by Gasteiger charge is -2.26. The summed E-state index contributed by atoms with van der Waals surface area (Å²) in [5.41, 5.74) is 0.175. The maximum absolute atomic E-state index is 12.7. The van der Waals surface area contributed by atoms with Gasteiger partial charge in [0.25, 0.3) is 0 Å². The molecule has 4 nitrogen and oxygen atoms in total. The van der Waals surface area contributed by atoms with E-state index in [0.717, 1.165) is 12.1 Å². The maximum Gasteiger partial charge on any atom is 0.511 e. The smallest absolute Gasteiger partial charge is 0.477 e. The van der Waals surface area contributed by atoms with Crippen molar-refractivity contribution in [2.45, 2.75) is 12.3 Å². The van der Waals surface area contributed by atoms with E-state index in [2.05, 4.69) is 0 Å². The summed E-state index contributed by atoms with van der Waals surface area (Å²) in [6.45, 7) is 0. The molecule has 1 atom stereocenters. The standard InChI is InChI=1S/C17H11F3O4/c18-17(19,20)12-7-5-10(6-8-12)15-14(24-16(21)22)9-11-3-1-2-4-13(11)23-15/h1-9,15H,(H,21,22). The highest BCUT2D eigenvalue weighted by Crippen LogP contribution is 2.38. The molecule has 0 radical (unpaired) electrons. The van der Waals surface area contributed by atoms with Gasteiger partial charge in [-0.25, -0.2) is 4.79 Å². The molecule has 1 heterocycles. The molecule has 0 aliphatic carbocycles. The molecule has 0 amide bonds. The number of hydrogen-bond donors (Lipinski definition) is 1. The van der Waals surface area contributed by atoms with Crippen LogP contribution in [0.3, 0.4) is 0 Å². The van der Waals surface area contributed by atoms with Crippen LogP contribution in [-0.2, 0) is 10.9 Å². The molecule has 0 fully saturated rings. The normalized spacial score (nSPS) is 16.6. The van der Waals surface area contributed by atoms with Crippen LogP contribution in [0, 0.1) is 0 Å². The summed E-state index contributed by atoms with van der Waals surface area (Å²) in [5.74, 6) is 0.473. The van der Waals surface area contributed by atoms with Crippen molar-refractivity contribution < 1.29 is 32.5 Å². The minimum atomic E-state index is -4.45. The van der Waals surface area contributed by atoms with Gasteiger partial charge in [-0.2, -0.15) is 13.2 Å². The number of fused-ring (bicyclic) bond motifs is 1. The van der Waals surface area contributed by atoms with E-state index in [1.54, 1.807) is 24.3 Å². The number of carboxylic acid groups (broad SMARTS) is 1. The summed E-state index contributed by atoms with van der Waals surface area (Å²) in [6, 6.07) is 11.2. The molecule has 1 aliphatic heterocycles. The Bertz CT molecular complexity index is 794. The number of halogens is 3. The predicted molar refractivity (Wildman–Crippen MR) is 78.3 cm³/mol. The molecule has 0 aromatic heterocycles. The average molecular weight is 336 g/mol. The van der Waals surface area contributed by atoms with Crippen molar-refractivity contribution in [2.75, 3.05) is 0 Å². The first kappa shape index (κ1) is 15.9. The van der Waals surface area contributed by atoms with E-state index < -0.39 is 24.0 Å². The van der Waals surface area contributed by atoms with Crippen molar-refractivity contribution in [3.63, 3.8) is 0 Å². The maximum atomic E-state index is 12.7. The van der Waals surface area contributed by atoms with Crippen LogP contribution in [0.4, 0.5) is 18.0 Å². The van der Waals surface area contributed by atoms with Crippen molar-refractivity contribution in [1.29, 1.82) is 0 Å². The molecular weight excluding hydrogens is 325 g/mol. The third kappa shape index (κ3) is 3.19. The van der Waals surface area contributed by atoms with E-state index in [-0.39, 0.29) is 5.76 Å². The van der Waals surface area contributed by atoms with Crippen molar-refractivity contribution >= 4 is 12.2 Å². The Balaban J connectivity index is 1.98. The van der Waals surface area contributed by atoms with Crippen molar-refractivity contribution in [3.05, 3.63) is 71.0 Å². The summed E-state index contributed by atoms with van der Waals surface area (Å²) in [7, 11) is 0. The summed E-state index contributed by atoms with van der Waals surface area (Å²) < 4.78 is 48.4. The molecule has 0 spiro atoms. The Hall–Kier alpha value is -2.96. The second kappa shape index (κ2) is 5.92. The van der Waals surface area contributed by atoms with E-state index in [1.165, 1.54) is 18.2 Å².